The van der Waals surface area contributed by atoms with Crippen molar-refractivity contribution in [1.82, 2.24) is 19.7 Å². The molecule has 0 saturated carbocycles. The van der Waals surface area contributed by atoms with Gasteiger partial charge in [0, 0.05) is 13.6 Å². The molecule has 0 saturated heterocycles. The summed E-state index contributed by atoms with van der Waals surface area (Å²) >= 11 is 3.49. The fourth-order valence-corrected chi connectivity index (χ4v) is 2.49. The van der Waals surface area contributed by atoms with E-state index in [9.17, 15) is 0 Å². The van der Waals surface area contributed by atoms with E-state index >= 15 is 0 Å². The lowest BCUT2D eigenvalue weighted by Gasteiger charge is -2.20. The van der Waals surface area contributed by atoms with Crippen molar-refractivity contribution in [1.29, 1.82) is 5.26 Å². The summed E-state index contributed by atoms with van der Waals surface area (Å²) in [5.74, 6) is 0.785. The molecule has 0 spiro atoms. The normalized spacial score (nSPS) is 11.6. The van der Waals surface area contributed by atoms with Gasteiger partial charge < -0.3 is 4.90 Å². The molecule has 0 unspecified atom stereocenters. The standard InChI is InChI=1S/C13H17BrN6/c1-13(2,3)20-12-9(10(14)18-20)11(16-8-17-12)19(4)7-5-6-15/h8H,5,7H2,1-4H3. The molecule has 0 aliphatic rings. The van der Waals surface area contributed by atoms with E-state index in [0.717, 1.165) is 21.5 Å². The molecule has 0 aliphatic heterocycles. The number of hydrogen-bond acceptors (Lipinski definition) is 5. The monoisotopic (exact) mass is 336 g/mol. The van der Waals surface area contributed by atoms with Gasteiger partial charge in [-0.3, -0.25) is 0 Å². The van der Waals surface area contributed by atoms with Crippen LogP contribution in [0.3, 0.4) is 0 Å². The van der Waals surface area contributed by atoms with Crippen LogP contribution in [0.25, 0.3) is 11.0 Å². The lowest BCUT2D eigenvalue weighted by molar-refractivity contribution is 0.364. The molecular weight excluding hydrogens is 320 g/mol. The third-order valence-corrected chi connectivity index (χ3v) is 3.51. The highest BCUT2D eigenvalue weighted by Crippen LogP contribution is 2.32. The van der Waals surface area contributed by atoms with Crippen LogP contribution < -0.4 is 4.90 Å². The SMILES string of the molecule is CN(CCC#N)c1ncnc2c1c(Br)nn2C(C)(C)C. The number of halogens is 1. The van der Waals surface area contributed by atoms with Gasteiger partial charge in [0.25, 0.3) is 0 Å². The fraction of sp³-hybridized carbons (Fsp3) is 0.538. The molecule has 0 radical (unpaired) electrons. The van der Waals surface area contributed by atoms with Crippen molar-refractivity contribution in [2.45, 2.75) is 32.7 Å². The molecule has 0 N–H and O–H groups in total. The average Bonchev–Trinajstić information content (AvgIpc) is 2.73. The molecule has 2 aromatic heterocycles. The predicted octanol–water partition coefficient (Wildman–Crippen LogP) is 2.69. The summed E-state index contributed by atoms with van der Waals surface area (Å²) < 4.78 is 2.61. The van der Waals surface area contributed by atoms with Gasteiger partial charge in [-0.15, -0.1) is 0 Å². The van der Waals surface area contributed by atoms with Gasteiger partial charge in [-0.1, -0.05) is 0 Å². The minimum atomic E-state index is -0.166. The van der Waals surface area contributed by atoms with Crippen LogP contribution in [0.5, 0.6) is 0 Å². The van der Waals surface area contributed by atoms with Crippen molar-refractivity contribution in [2.75, 3.05) is 18.5 Å². The van der Waals surface area contributed by atoms with Gasteiger partial charge in [0.2, 0.25) is 0 Å². The lowest BCUT2D eigenvalue weighted by atomic mass is 10.1. The predicted molar refractivity (Wildman–Crippen MR) is 81.5 cm³/mol. The molecule has 0 atom stereocenters. The van der Waals surface area contributed by atoms with Gasteiger partial charge in [-0.05, 0) is 36.7 Å². The largest absolute Gasteiger partial charge is 0.358 e. The molecule has 106 valence electrons. The summed E-state index contributed by atoms with van der Waals surface area (Å²) in [5.41, 5.74) is 0.624. The summed E-state index contributed by atoms with van der Waals surface area (Å²) in [6.45, 7) is 6.85. The summed E-state index contributed by atoms with van der Waals surface area (Å²) in [6.07, 6.45) is 1.99. The van der Waals surface area contributed by atoms with E-state index in [2.05, 4.69) is 57.8 Å². The molecule has 20 heavy (non-hydrogen) atoms. The number of fused-ring (bicyclic) bond motifs is 1. The summed E-state index contributed by atoms with van der Waals surface area (Å²) in [6, 6.07) is 2.14. The Labute approximate surface area is 126 Å². The number of rotatable bonds is 3. The second-order valence-electron chi connectivity index (χ2n) is 5.60. The Morgan fingerprint density at radius 1 is 1.40 bits per heavy atom. The van der Waals surface area contributed by atoms with E-state index in [0.29, 0.717) is 13.0 Å². The highest BCUT2D eigenvalue weighted by Gasteiger charge is 2.23. The molecule has 0 bridgehead atoms. The Kier molecular flexibility index (Phi) is 3.95. The molecule has 0 aliphatic carbocycles. The Hall–Kier alpha value is -1.68. The van der Waals surface area contributed by atoms with Crippen LogP contribution in [0, 0.1) is 11.3 Å². The minimum absolute atomic E-state index is 0.166. The topological polar surface area (TPSA) is 70.6 Å². The molecule has 6 nitrogen and oxygen atoms in total. The Morgan fingerprint density at radius 2 is 2.10 bits per heavy atom. The molecule has 0 amide bonds. The fourth-order valence-electron chi connectivity index (χ4n) is 1.98. The number of nitrogens with zero attached hydrogens (tertiary/aromatic N) is 6. The van der Waals surface area contributed by atoms with Crippen molar-refractivity contribution in [3.05, 3.63) is 10.9 Å². The van der Waals surface area contributed by atoms with Gasteiger partial charge in [0.1, 0.15) is 16.7 Å². The average molecular weight is 337 g/mol. The number of aromatic nitrogens is 4. The molecule has 2 aromatic rings. The minimum Gasteiger partial charge on any atom is -0.358 e. The highest BCUT2D eigenvalue weighted by atomic mass is 79.9. The van der Waals surface area contributed by atoms with Crippen LogP contribution in [0.1, 0.15) is 27.2 Å². The molecule has 2 rings (SSSR count). The van der Waals surface area contributed by atoms with Crippen LogP contribution in [-0.4, -0.2) is 33.3 Å². The Balaban J connectivity index is 2.59. The van der Waals surface area contributed by atoms with Gasteiger partial charge >= 0.3 is 0 Å². The molecule has 7 heteroatoms. The van der Waals surface area contributed by atoms with E-state index in [1.165, 1.54) is 6.33 Å². The first kappa shape index (κ1) is 14.7. The Morgan fingerprint density at radius 3 is 2.70 bits per heavy atom. The third-order valence-electron chi connectivity index (χ3n) is 2.96. The number of hydrogen-bond donors (Lipinski definition) is 0. The van der Waals surface area contributed by atoms with Gasteiger partial charge in [-0.25, -0.2) is 14.6 Å². The van der Waals surface area contributed by atoms with Crippen molar-refractivity contribution in [3.63, 3.8) is 0 Å². The summed E-state index contributed by atoms with van der Waals surface area (Å²) in [5, 5.41) is 14.1. The second kappa shape index (κ2) is 5.37. The second-order valence-corrected chi connectivity index (χ2v) is 6.35. The zero-order chi connectivity index (χ0) is 14.9. The van der Waals surface area contributed by atoms with E-state index in [1.54, 1.807) is 0 Å². The van der Waals surface area contributed by atoms with Crippen LogP contribution in [0.15, 0.2) is 10.9 Å². The van der Waals surface area contributed by atoms with Crippen LogP contribution in [0.2, 0.25) is 0 Å². The molecule has 0 fully saturated rings. The van der Waals surface area contributed by atoms with Gasteiger partial charge in [0.15, 0.2) is 5.65 Å². The zero-order valence-electron chi connectivity index (χ0n) is 12.1. The maximum atomic E-state index is 8.71. The molecule has 0 aromatic carbocycles. The summed E-state index contributed by atoms with van der Waals surface area (Å²) in [7, 11) is 1.92. The number of nitriles is 1. The third kappa shape index (κ3) is 2.61. The quantitative estimate of drug-likeness (QED) is 0.861. The first-order valence-corrected chi connectivity index (χ1v) is 7.13. The van der Waals surface area contributed by atoms with E-state index < -0.39 is 0 Å². The lowest BCUT2D eigenvalue weighted by Crippen LogP contribution is -2.24. The van der Waals surface area contributed by atoms with Gasteiger partial charge in [-0.2, -0.15) is 10.4 Å². The van der Waals surface area contributed by atoms with E-state index in [1.807, 2.05) is 16.6 Å². The van der Waals surface area contributed by atoms with Gasteiger partial charge in [0.05, 0.1) is 23.4 Å². The first-order valence-electron chi connectivity index (χ1n) is 6.34. The molecule has 2 heterocycles. The maximum absolute atomic E-state index is 8.71. The van der Waals surface area contributed by atoms with E-state index in [-0.39, 0.29) is 5.54 Å². The zero-order valence-corrected chi connectivity index (χ0v) is 13.6. The van der Waals surface area contributed by atoms with Crippen molar-refractivity contribution >= 4 is 32.8 Å². The summed E-state index contributed by atoms with van der Waals surface area (Å²) in [4.78, 5) is 10.6. The van der Waals surface area contributed by atoms with Crippen molar-refractivity contribution in [2.24, 2.45) is 0 Å². The van der Waals surface area contributed by atoms with Crippen LogP contribution >= 0.6 is 15.9 Å². The van der Waals surface area contributed by atoms with Crippen molar-refractivity contribution in [3.8, 4) is 6.07 Å². The first-order chi connectivity index (χ1) is 9.36. The Bertz CT molecular complexity index is 664. The van der Waals surface area contributed by atoms with Crippen LogP contribution in [-0.2, 0) is 5.54 Å². The van der Waals surface area contributed by atoms with Crippen LogP contribution in [0.4, 0.5) is 5.82 Å². The highest BCUT2D eigenvalue weighted by molar-refractivity contribution is 9.10. The van der Waals surface area contributed by atoms with E-state index in [4.69, 9.17) is 5.26 Å². The molecular formula is C13H17BrN6. The maximum Gasteiger partial charge on any atom is 0.165 e. The smallest absolute Gasteiger partial charge is 0.165 e. The van der Waals surface area contributed by atoms with Crippen molar-refractivity contribution < 1.29 is 0 Å². The number of anilines is 1.